The van der Waals surface area contributed by atoms with Gasteiger partial charge >= 0.3 is 0 Å². The molecule has 0 saturated carbocycles. The standard InChI is InChI=1S/C22H19FN2O3/c23-17-9-7-15(8-10-17)20(12-21(26)24-13-18-5-3-11-28-18)25-14-16-4-1-2-6-19(16)22(25)27/h1-11,20H,12-14H2,(H,24,26)/t20-/m1/s1. The second-order valence-electron chi connectivity index (χ2n) is 6.72. The van der Waals surface area contributed by atoms with Gasteiger partial charge in [-0.25, -0.2) is 4.39 Å². The first-order valence-corrected chi connectivity index (χ1v) is 9.05. The molecule has 0 bridgehead atoms. The van der Waals surface area contributed by atoms with E-state index in [4.69, 9.17) is 4.42 Å². The molecular formula is C22H19FN2O3. The van der Waals surface area contributed by atoms with Crippen molar-refractivity contribution in [3.63, 3.8) is 0 Å². The van der Waals surface area contributed by atoms with Crippen LogP contribution < -0.4 is 5.32 Å². The highest BCUT2D eigenvalue weighted by atomic mass is 19.1. The maximum absolute atomic E-state index is 13.4. The lowest BCUT2D eigenvalue weighted by atomic mass is 10.0. The molecule has 0 aliphatic carbocycles. The van der Waals surface area contributed by atoms with Gasteiger partial charge in [-0.1, -0.05) is 30.3 Å². The molecule has 28 heavy (non-hydrogen) atoms. The summed E-state index contributed by atoms with van der Waals surface area (Å²) in [7, 11) is 0. The van der Waals surface area contributed by atoms with Crippen molar-refractivity contribution in [3.8, 4) is 0 Å². The van der Waals surface area contributed by atoms with Gasteiger partial charge in [-0.15, -0.1) is 0 Å². The molecule has 1 atom stereocenters. The van der Waals surface area contributed by atoms with E-state index in [2.05, 4.69) is 5.32 Å². The van der Waals surface area contributed by atoms with Gasteiger partial charge in [0, 0.05) is 12.1 Å². The Morgan fingerprint density at radius 3 is 2.61 bits per heavy atom. The second-order valence-corrected chi connectivity index (χ2v) is 6.72. The fourth-order valence-electron chi connectivity index (χ4n) is 3.47. The summed E-state index contributed by atoms with van der Waals surface area (Å²) >= 11 is 0. The summed E-state index contributed by atoms with van der Waals surface area (Å²) < 4.78 is 18.6. The Labute approximate surface area is 161 Å². The molecule has 1 aliphatic heterocycles. The molecule has 5 nitrogen and oxygen atoms in total. The van der Waals surface area contributed by atoms with E-state index in [9.17, 15) is 14.0 Å². The molecule has 3 aromatic rings. The topological polar surface area (TPSA) is 62.6 Å². The van der Waals surface area contributed by atoms with E-state index in [1.54, 1.807) is 41.5 Å². The van der Waals surface area contributed by atoms with Gasteiger partial charge in [-0.2, -0.15) is 0 Å². The van der Waals surface area contributed by atoms with Crippen LogP contribution in [0.25, 0.3) is 0 Å². The van der Waals surface area contributed by atoms with Crippen molar-refractivity contribution < 1.29 is 18.4 Å². The maximum Gasteiger partial charge on any atom is 0.255 e. The Morgan fingerprint density at radius 2 is 1.89 bits per heavy atom. The number of carbonyl (C=O) groups excluding carboxylic acids is 2. The van der Waals surface area contributed by atoms with Crippen molar-refractivity contribution in [1.82, 2.24) is 10.2 Å². The molecule has 1 aromatic heterocycles. The van der Waals surface area contributed by atoms with E-state index in [0.29, 0.717) is 17.9 Å². The molecule has 0 unspecified atom stereocenters. The lowest BCUT2D eigenvalue weighted by Gasteiger charge is -2.28. The molecule has 2 aromatic carbocycles. The van der Waals surface area contributed by atoms with Crippen LogP contribution >= 0.6 is 0 Å². The lowest BCUT2D eigenvalue weighted by Crippen LogP contribution is -2.34. The second kappa shape index (κ2) is 7.68. The van der Waals surface area contributed by atoms with Gasteiger partial charge in [0.25, 0.3) is 5.91 Å². The first-order valence-electron chi connectivity index (χ1n) is 9.05. The summed E-state index contributed by atoms with van der Waals surface area (Å²) in [6.07, 6.45) is 1.62. The highest BCUT2D eigenvalue weighted by Gasteiger charge is 2.34. The number of benzene rings is 2. The van der Waals surface area contributed by atoms with E-state index in [1.807, 2.05) is 18.2 Å². The summed E-state index contributed by atoms with van der Waals surface area (Å²) in [5.41, 5.74) is 2.29. The van der Waals surface area contributed by atoms with Crippen molar-refractivity contribution in [3.05, 3.63) is 95.2 Å². The predicted octanol–water partition coefficient (Wildman–Crippen LogP) is 3.82. The Bertz CT molecular complexity index is 983. The van der Waals surface area contributed by atoms with Crippen molar-refractivity contribution in [2.75, 3.05) is 0 Å². The number of nitrogens with zero attached hydrogens (tertiary/aromatic N) is 1. The van der Waals surface area contributed by atoms with Crippen molar-refractivity contribution in [1.29, 1.82) is 0 Å². The lowest BCUT2D eigenvalue weighted by molar-refractivity contribution is -0.122. The Morgan fingerprint density at radius 1 is 1.11 bits per heavy atom. The van der Waals surface area contributed by atoms with E-state index >= 15 is 0 Å². The van der Waals surface area contributed by atoms with Gasteiger partial charge in [0.15, 0.2) is 0 Å². The Balaban J connectivity index is 1.55. The van der Waals surface area contributed by atoms with Crippen LogP contribution in [0, 0.1) is 5.82 Å². The predicted molar refractivity (Wildman–Crippen MR) is 101 cm³/mol. The Hall–Kier alpha value is -3.41. The average molecular weight is 378 g/mol. The third kappa shape index (κ3) is 3.67. The minimum Gasteiger partial charge on any atom is -0.467 e. The molecule has 0 radical (unpaired) electrons. The van der Waals surface area contributed by atoms with E-state index in [1.165, 1.54) is 12.1 Å². The zero-order valence-corrected chi connectivity index (χ0v) is 15.1. The summed E-state index contributed by atoms with van der Waals surface area (Å²) in [5, 5.41) is 2.81. The molecule has 1 N–H and O–H groups in total. The van der Waals surface area contributed by atoms with Crippen LogP contribution in [-0.4, -0.2) is 16.7 Å². The van der Waals surface area contributed by atoms with Crippen LogP contribution in [0.4, 0.5) is 4.39 Å². The molecule has 0 saturated heterocycles. The summed E-state index contributed by atoms with van der Waals surface area (Å²) in [5.74, 6) is -0.0459. The number of rotatable bonds is 6. The van der Waals surface area contributed by atoms with Gasteiger partial charge in [-0.05, 0) is 41.5 Å². The first-order chi connectivity index (χ1) is 13.6. The largest absolute Gasteiger partial charge is 0.467 e. The van der Waals surface area contributed by atoms with Gasteiger partial charge in [-0.3, -0.25) is 9.59 Å². The number of carbonyl (C=O) groups is 2. The summed E-state index contributed by atoms with van der Waals surface area (Å²) in [6, 6.07) is 16.4. The Kier molecular flexibility index (Phi) is 4.93. The van der Waals surface area contributed by atoms with Crippen LogP contribution in [-0.2, 0) is 17.9 Å². The number of furan rings is 1. The SMILES string of the molecule is O=C(C[C@H](c1ccc(F)cc1)N1Cc2ccccc2C1=O)NCc1ccco1. The molecule has 6 heteroatoms. The summed E-state index contributed by atoms with van der Waals surface area (Å²) in [4.78, 5) is 27.1. The molecule has 4 rings (SSSR count). The van der Waals surface area contributed by atoms with Crippen LogP contribution in [0.1, 0.15) is 39.7 Å². The third-order valence-electron chi connectivity index (χ3n) is 4.90. The highest BCUT2D eigenvalue weighted by molar-refractivity contribution is 5.98. The fourth-order valence-corrected chi connectivity index (χ4v) is 3.47. The number of nitrogens with one attached hydrogen (secondary N) is 1. The summed E-state index contributed by atoms with van der Waals surface area (Å²) in [6.45, 7) is 0.693. The monoisotopic (exact) mass is 378 g/mol. The molecule has 1 aliphatic rings. The number of hydrogen-bond donors (Lipinski definition) is 1. The minimum absolute atomic E-state index is 0.0755. The number of hydrogen-bond acceptors (Lipinski definition) is 3. The van der Waals surface area contributed by atoms with Crippen molar-refractivity contribution >= 4 is 11.8 Å². The zero-order chi connectivity index (χ0) is 19.5. The third-order valence-corrected chi connectivity index (χ3v) is 4.90. The number of fused-ring (bicyclic) bond motifs is 1. The van der Waals surface area contributed by atoms with E-state index in [0.717, 1.165) is 11.1 Å². The highest BCUT2D eigenvalue weighted by Crippen LogP contribution is 2.33. The maximum atomic E-state index is 13.4. The minimum atomic E-state index is -0.489. The van der Waals surface area contributed by atoms with E-state index < -0.39 is 6.04 Å². The molecule has 0 fully saturated rings. The molecule has 2 amide bonds. The quantitative estimate of drug-likeness (QED) is 0.709. The number of halogens is 1. The van der Waals surface area contributed by atoms with E-state index in [-0.39, 0.29) is 30.6 Å². The average Bonchev–Trinajstić information content (AvgIpc) is 3.34. The van der Waals surface area contributed by atoms with Gasteiger partial charge in [0.05, 0.1) is 25.3 Å². The van der Waals surface area contributed by atoms with Crippen LogP contribution in [0.3, 0.4) is 0 Å². The van der Waals surface area contributed by atoms with Crippen molar-refractivity contribution in [2.24, 2.45) is 0 Å². The number of amides is 2. The molecule has 142 valence electrons. The molecule has 0 spiro atoms. The first kappa shape index (κ1) is 18.0. The van der Waals surface area contributed by atoms with Crippen LogP contribution in [0.5, 0.6) is 0 Å². The van der Waals surface area contributed by atoms with Gasteiger partial charge in [0.2, 0.25) is 5.91 Å². The molecular weight excluding hydrogens is 359 g/mol. The van der Waals surface area contributed by atoms with Gasteiger partial charge in [0.1, 0.15) is 11.6 Å². The smallest absolute Gasteiger partial charge is 0.255 e. The van der Waals surface area contributed by atoms with Crippen LogP contribution in [0.2, 0.25) is 0 Å². The zero-order valence-electron chi connectivity index (χ0n) is 15.1. The normalized spacial score (nSPS) is 14.0. The fraction of sp³-hybridized carbons (Fsp3) is 0.182. The van der Waals surface area contributed by atoms with Crippen molar-refractivity contribution in [2.45, 2.75) is 25.6 Å². The molecule has 2 heterocycles. The van der Waals surface area contributed by atoms with Crippen LogP contribution in [0.15, 0.2) is 71.3 Å². The van der Waals surface area contributed by atoms with Gasteiger partial charge < -0.3 is 14.6 Å².